The highest BCUT2D eigenvalue weighted by atomic mass is 16.5. The van der Waals surface area contributed by atoms with Crippen molar-refractivity contribution in [2.75, 3.05) is 0 Å². The molecule has 1 aromatic carbocycles. The van der Waals surface area contributed by atoms with Crippen LogP contribution in [0.3, 0.4) is 0 Å². The summed E-state index contributed by atoms with van der Waals surface area (Å²) in [6.07, 6.45) is 1.75. The quantitative estimate of drug-likeness (QED) is 0.561. The molecule has 0 saturated heterocycles. The number of H-pyrrole nitrogens is 2. The van der Waals surface area contributed by atoms with Gasteiger partial charge in [0.2, 0.25) is 0 Å². The van der Waals surface area contributed by atoms with Gasteiger partial charge in [-0.05, 0) is 36.8 Å². The minimum Gasteiger partial charge on any atom is -0.453 e. The van der Waals surface area contributed by atoms with Gasteiger partial charge in [0.15, 0.2) is 5.69 Å². The van der Waals surface area contributed by atoms with Crippen molar-refractivity contribution < 1.29 is 9.53 Å². The lowest BCUT2D eigenvalue weighted by atomic mass is 10.1. The molecule has 4 aromatic rings. The fourth-order valence-electron chi connectivity index (χ4n) is 2.67. The molecule has 0 aliphatic heterocycles. The number of rotatable bonds is 3. The van der Waals surface area contributed by atoms with E-state index in [1.54, 1.807) is 30.5 Å². The molecule has 3 aromatic heterocycles. The Morgan fingerprint density at radius 1 is 1.16 bits per heavy atom. The highest BCUT2D eigenvalue weighted by molar-refractivity contribution is 5.90. The Labute approximate surface area is 141 Å². The second-order valence-electron chi connectivity index (χ2n) is 5.67. The molecule has 0 amide bonds. The Morgan fingerprint density at radius 2 is 2.04 bits per heavy atom. The SMILES string of the molecule is Cc1cccc2c(=O)[nH]c(COC(=O)c3ccc4cc[nH]c4n3)nc12. The fourth-order valence-corrected chi connectivity index (χ4v) is 2.67. The summed E-state index contributed by atoms with van der Waals surface area (Å²) in [4.78, 5) is 38.5. The average molecular weight is 334 g/mol. The monoisotopic (exact) mass is 334 g/mol. The Kier molecular flexibility index (Phi) is 3.53. The maximum atomic E-state index is 12.2. The van der Waals surface area contributed by atoms with Gasteiger partial charge >= 0.3 is 5.97 Å². The number of esters is 1. The molecule has 7 heteroatoms. The number of carbonyl (C=O) groups is 1. The Balaban J connectivity index is 1.58. The van der Waals surface area contributed by atoms with Crippen LogP contribution < -0.4 is 5.56 Å². The van der Waals surface area contributed by atoms with Crippen LogP contribution in [0.5, 0.6) is 0 Å². The minimum absolute atomic E-state index is 0.136. The number of aromatic amines is 2. The van der Waals surface area contributed by atoms with Crippen molar-refractivity contribution >= 4 is 27.9 Å². The van der Waals surface area contributed by atoms with Crippen molar-refractivity contribution in [1.29, 1.82) is 0 Å². The standard InChI is InChI=1S/C18H14N4O3/c1-10-3-2-4-12-15(10)21-14(22-17(12)23)9-25-18(24)13-6-5-11-7-8-19-16(11)20-13/h2-8H,9H2,1H3,(H,19,20)(H,21,22,23). The predicted octanol–water partition coefficient (Wildman–Crippen LogP) is 2.46. The van der Waals surface area contributed by atoms with Crippen LogP contribution in [0.4, 0.5) is 0 Å². The third-order valence-corrected chi connectivity index (χ3v) is 3.95. The van der Waals surface area contributed by atoms with Crippen LogP contribution in [-0.2, 0) is 11.3 Å². The lowest BCUT2D eigenvalue weighted by Gasteiger charge is -2.06. The molecular weight excluding hydrogens is 320 g/mol. The molecule has 0 bridgehead atoms. The van der Waals surface area contributed by atoms with E-state index in [1.807, 2.05) is 19.1 Å². The van der Waals surface area contributed by atoms with E-state index in [2.05, 4.69) is 19.9 Å². The zero-order valence-corrected chi connectivity index (χ0v) is 13.4. The highest BCUT2D eigenvalue weighted by Gasteiger charge is 2.12. The largest absolute Gasteiger partial charge is 0.453 e. The molecule has 0 unspecified atom stereocenters. The Bertz CT molecular complexity index is 1160. The summed E-state index contributed by atoms with van der Waals surface area (Å²) >= 11 is 0. The van der Waals surface area contributed by atoms with Crippen molar-refractivity contribution in [3.05, 3.63) is 70.0 Å². The summed E-state index contributed by atoms with van der Waals surface area (Å²) in [5, 5.41) is 1.42. The summed E-state index contributed by atoms with van der Waals surface area (Å²) < 4.78 is 5.24. The lowest BCUT2D eigenvalue weighted by Crippen LogP contribution is -2.15. The van der Waals surface area contributed by atoms with E-state index in [-0.39, 0.29) is 17.9 Å². The van der Waals surface area contributed by atoms with E-state index in [1.165, 1.54) is 0 Å². The van der Waals surface area contributed by atoms with Crippen molar-refractivity contribution in [3.63, 3.8) is 0 Å². The third kappa shape index (κ3) is 2.76. The molecule has 2 N–H and O–H groups in total. The number of para-hydroxylation sites is 1. The zero-order valence-electron chi connectivity index (χ0n) is 13.4. The maximum Gasteiger partial charge on any atom is 0.357 e. The van der Waals surface area contributed by atoms with Gasteiger partial charge in [0.1, 0.15) is 18.1 Å². The number of fused-ring (bicyclic) bond motifs is 2. The van der Waals surface area contributed by atoms with Gasteiger partial charge in [0.25, 0.3) is 5.56 Å². The number of pyridine rings is 1. The molecule has 25 heavy (non-hydrogen) atoms. The maximum absolute atomic E-state index is 12.2. The third-order valence-electron chi connectivity index (χ3n) is 3.95. The van der Waals surface area contributed by atoms with Crippen LogP contribution >= 0.6 is 0 Å². The number of aryl methyl sites for hydroxylation is 1. The van der Waals surface area contributed by atoms with Gasteiger partial charge in [-0.2, -0.15) is 0 Å². The molecule has 0 radical (unpaired) electrons. The van der Waals surface area contributed by atoms with Crippen molar-refractivity contribution in [2.24, 2.45) is 0 Å². The molecule has 0 saturated carbocycles. The summed E-state index contributed by atoms with van der Waals surface area (Å²) in [5.74, 6) is -0.287. The molecule has 0 aliphatic carbocycles. The van der Waals surface area contributed by atoms with E-state index in [0.717, 1.165) is 10.9 Å². The second-order valence-corrected chi connectivity index (χ2v) is 5.67. The molecule has 0 aliphatic rings. The first-order valence-corrected chi connectivity index (χ1v) is 7.71. The van der Waals surface area contributed by atoms with Gasteiger partial charge in [-0.3, -0.25) is 4.79 Å². The van der Waals surface area contributed by atoms with Crippen molar-refractivity contribution in [2.45, 2.75) is 13.5 Å². The lowest BCUT2D eigenvalue weighted by molar-refractivity contribution is 0.0456. The van der Waals surface area contributed by atoms with E-state index in [0.29, 0.717) is 22.4 Å². The molecule has 124 valence electrons. The minimum atomic E-state index is -0.580. The average Bonchev–Trinajstić information content (AvgIpc) is 3.08. The summed E-state index contributed by atoms with van der Waals surface area (Å²) in [7, 11) is 0. The van der Waals surface area contributed by atoms with Crippen molar-refractivity contribution in [1.82, 2.24) is 19.9 Å². The molecule has 7 nitrogen and oxygen atoms in total. The van der Waals surface area contributed by atoms with E-state index >= 15 is 0 Å². The first-order valence-electron chi connectivity index (χ1n) is 7.71. The first-order chi connectivity index (χ1) is 12.1. The van der Waals surface area contributed by atoms with Gasteiger partial charge in [-0.25, -0.2) is 14.8 Å². The molecule has 3 heterocycles. The second kappa shape index (κ2) is 5.86. The molecule has 0 atom stereocenters. The first kappa shape index (κ1) is 15.1. The molecule has 0 fully saturated rings. The highest BCUT2D eigenvalue weighted by Crippen LogP contribution is 2.13. The van der Waals surface area contributed by atoms with Crippen LogP contribution in [0, 0.1) is 6.92 Å². The molecular formula is C18H14N4O3. The summed E-state index contributed by atoms with van der Waals surface area (Å²) in [5.41, 5.74) is 2.03. The van der Waals surface area contributed by atoms with Crippen LogP contribution in [0.15, 0.2) is 47.4 Å². The fraction of sp³-hybridized carbons (Fsp3) is 0.111. The van der Waals surface area contributed by atoms with Gasteiger partial charge < -0.3 is 14.7 Å². The van der Waals surface area contributed by atoms with Gasteiger partial charge in [-0.1, -0.05) is 12.1 Å². The Morgan fingerprint density at radius 3 is 2.92 bits per heavy atom. The van der Waals surface area contributed by atoms with Crippen LogP contribution in [0.25, 0.3) is 21.9 Å². The number of nitrogens with one attached hydrogen (secondary N) is 2. The number of nitrogens with zero attached hydrogens (tertiary/aromatic N) is 2. The topological polar surface area (TPSA) is 101 Å². The van der Waals surface area contributed by atoms with Gasteiger partial charge in [0.05, 0.1) is 10.9 Å². The smallest absolute Gasteiger partial charge is 0.357 e. The number of hydrogen-bond donors (Lipinski definition) is 2. The predicted molar refractivity (Wildman–Crippen MR) is 92.3 cm³/mol. The number of ether oxygens (including phenoxy) is 1. The normalized spacial score (nSPS) is 11.1. The number of benzene rings is 1. The Hall–Kier alpha value is -3.48. The summed E-state index contributed by atoms with van der Waals surface area (Å²) in [6, 6.07) is 10.6. The van der Waals surface area contributed by atoms with E-state index in [4.69, 9.17) is 4.74 Å². The van der Waals surface area contributed by atoms with E-state index in [9.17, 15) is 9.59 Å². The number of hydrogen-bond acceptors (Lipinski definition) is 5. The van der Waals surface area contributed by atoms with Gasteiger partial charge in [0, 0.05) is 11.6 Å². The van der Waals surface area contributed by atoms with Crippen LogP contribution in [-0.4, -0.2) is 25.9 Å². The molecule has 0 spiro atoms. The van der Waals surface area contributed by atoms with Crippen LogP contribution in [0.2, 0.25) is 0 Å². The number of carbonyl (C=O) groups excluding carboxylic acids is 1. The van der Waals surface area contributed by atoms with Gasteiger partial charge in [-0.15, -0.1) is 0 Å². The zero-order chi connectivity index (χ0) is 17.4. The van der Waals surface area contributed by atoms with Crippen molar-refractivity contribution in [3.8, 4) is 0 Å². The van der Waals surface area contributed by atoms with Crippen LogP contribution in [0.1, 0.15) is 21.9 Å². The number of aromatic nitrogens is 4. The summed E-state index contributed by atoms with van der Waals surface area (Å²) in [6.45, 7) is 1.74. The molecule has 4 rings (SSSR count). The van der Waals surface area contributed by atoms with E-state index < -0.39 is 5.97 Å².